The molecular formula is C28H32F2N6O2. The molecule has 0 fully saturated rings. The van der Waals surface area contributed by atoms with Crippen LogP contribution in [0.4, 0.5) is 8.78 Å². The lowest BCUT2D eigenvalue weighted by Gasteiger charge is -2.18. The van der Waals surface area contributed by atoms with E-state index >= 15 is 0 Å². The van der Waals surface area contributed by atoms with E-state index in [9.17, 15) is 13.6 Å². The minimum atomic E-state index is -2.73. The van der Waals surface area contributed by atoms with Crippen LogP contribution in [0.2, 0.25) is 0 Å². The van der Waals surface area contributed by atoms with E-state index in [1.807, 2.05) is 82.5 Å². The molecule has 0 unspecified atom stereocenters. The van der Waals surface area contributed by atoms with Gasteiger partial charge in [-0.1, -0.05) is 6.07 Å². The molecule has 2 aromatic heterocycles. The second-order valence-corrected chi connectivity index (χ2v) is 9.53. The van der Waals surface area contributed by atoms with Crippen LogP contribution in [0.3, 0.4) is 0 Å². The van der Waals surface area contributed by atoms with Gasteiger partial charge in [-0.05, 0) is 81.0 Å². The van der Waals surface area contributed by atoms with Gasteiger partial charge in [-0.25, -0.2) is 4.68 Å². The Morgan fingerprint density at radius 3 is 2.53 bits per heavy atom. The van der Waals surface area contributed by atoms with E-state index in [2.05, 4.69) is 15.5 Å². The van der Waals surface area contributed by atoms with Gasteiger partial charge in [-0.15, -0.1) is 0 Å². The quantitative estimate of drug-likeness (QED) is 0.314. The Morgan fingerprint density at radius 1 is 1.11 bits per heavy atom. The van der Waals surface area contributed by atoms with Crippen molar-refractivity contribution in [3.8, 4) is 28.1 Å². The van der Waals surface area contributed by atoms with Crippen LogP contribution in [0.5, 0.6) is 5.75 Å². The number of rotatable bonds is 10. The lowest BCUT2D eigenvalue weighted by Crippen LogP contribution is -2.27. The molecular weight excluding hydrogens is 490 g/mol. The second-order valence-electron chi connectivity index (χ2n) is 9.53. The van der Waals surface area contributed by atoms with E-state index in [0.29, 0.717) is 33.7 Å². The first kappa shape index (κ1) is 27.0. The number of aromatic nitrogens is 4. The third kappa shape index (κ3) is 6.44. The van der Waals surface area contributed by atoms with Crippen molar-refractivity contribution in [1.82, 2.24) is 29.8 Å². The van der Waals surface area contributed by atoms with Gasteiger partial charge >= 0.3 is 6.55 Å². The summed E-state index contributed by atoms with van der Waals surface area (Å²) in [6, 6.07) is 12.7. The summed E-state index contributed by atoms with van der Waals surface area (Å²) in [6.45, 7) is 2.31. The average Bonchev–Trinajstić information content (AvgIpc) is 3.54. The Labute approximate surface area is 220 Å². The van der Waals surface area contributed by atoms with Crippen LogP contribution in [0, 0.1) is 6.92 Å². The number of nitrogens with one attached hydrogen (secondary N) is 1. The zero-order chi connectivity index (χ0) is 27.4. The number of carbonyl (C=O) groups excluding carboxylic acids is 1. The lowest BCUT2D eigenvalue weighted by molar-refractivity contribution is 0.0566. The molecule has 2 aromatic carbocycles. The predicted molar refractivity (Wildman–Crippen MR) is 142 cm³/mol. The highest BCUT2D eigenvalue weighted by Crippen LogP contribution is 2.31. The molecule has 10 heteroatoms. The highest BCUT2D eigenvalue weighted by Gasteiger charge is 2.18. The SMILES string of the molecule is Cc1ccc(OCCN(C)C)cc1C(=O)N[C@H](C)c1cc(-c2cnn(C(F)F)c2)cc(-c2ccn(C)n2)c1. The lowest BCUT2D eigenvalue weighted by atomic mass is 9.96. The number of alkyl halides is 2. The normalized spacial score (nSPS) is 12.2. The maximum atomic E-state index is 13.3. The number of likely N-dealkylation sites (N-methyl/N-ethyl adjacent to an activating group) is 1. The van der Waals surface area contributed by atoms with Gasteiger partial charge in [-0.3, -0.25) is 9.48 Å². The molecule has 8 nitrogen and oxygen atoms in total. The van der Waals surface area contributed by atoms with Crippen molar-refractivity contribution < 1.29 is 18.3 Å². The van der Waals surface area contributed by atoms with Crippen LogP contribution in [0.15, 0.2) is 61.1 Å². The van der Waals surface area contributed by atoms with Gasteiger partial charge in [0, 0.05) is 42.7 Å². The summed E-state index contributed by atoms with van der Waals surface area (Å²) in [6.07, 6.45) is 4.54. The summed E-state index contributed by atoms with van der Waals surface area (Å²) in [7, 11) is 5.76. The van der Waals surface area contributed by atoms with Gasteiger partial charge in [0.25, 0.3) is 5.91 Å². The maximum Gasteiger partial charge on any atom is 0.333 e. The largest absolute Gasteiger partial charge is 0.492 e. The van der Waals surface area contributed by atoms with E-state index in [0.717, 1.165) is 28.9 Å². The minimum Gasteiger partial charge on any atom is -0.492 e. The highest BCUT2D eigenvalue weighted by atomic mass is 19.3. The number of nitrogens with zero attached hydrogens (tertiary/aromatic N) is 5. The van der Waals surface area contributed by atoms with Crippen molar-refractivity contribution in [2.24, 2.45) is 7.05 Å². The monoisotopic (exact) mass is 522 g/mol. The zero-order valence-electron chi connectivity index (χ0n) is 22.2. The topological polar surface area (TPSA) is 77.2 Å². The fourth-order valence-electron chi connectivity index (χ4n) is 4.02. The van der Waals surface area contributed by atoms with Gasteiger partial charge in [0.15, 0.2) is 0 Å². The third-order valence-corrected chi connectivity index (χ3v) is 6.21. The molecule has 2 heterocycles. The van der Waals surface area contributed by atoms with Crippen molar-refractivity contribution in [2.75, 3.05) is 27.2 Å². The van der Waals surface area contributed by atoms with Crippen molar-refractivity contribution >= 4 is 5.91 Å². The summed E-state index contributed by atoms with van der Waals surface area (Å²) in [4.78, 5) is 15.3. The van der Waals surface area contributed by atoms with Gasteiger partial charge in [-0.2, -0.15) is 19.0 Å². The molecule has 4 rings (SSSR count). The molecule has 1 atom stereocenters. The smallest absolute Gasteiger partial charge is 0.333 e. The van der Waals surface area contributed by atoms with E-state index in [4.69, 9.17) is 4.74 Å². The number of aryl methyl sites for hydroxylation is 2. The number of ether oxygens (including phenoxy) is 1. The standard InChI is InChI=1S/C28H32F2N6O2/c1-18-6-7-24(38-11-10-34(3)4)15-25(18)27(37)32-19(2)20-12-21(23-16-31-36(17-23)28(29)30)14-22(13-20)26-8-9-35(5)33-26/h6-9,12-17,19,28H,10-11H2,1-5H3,(H,32,37)/t19-/m1/s1. The van der Waals surface area contributed by atoms with Crippen LogP contribution in [0.1, 0.15) is 41.0 Å². The Kier molecular flexibility index (Phi) is 8.21. The van der Waals surface area contributed by atoms with E-state index in [-0.39, 0.29) is 11.9 Å². The van der Waals surface area contributed by atoms with Crippen LogP contribution < -0.4 is 10.1 Å². The van der Waals surface area contributed by atoms with Crippen LogP contribution in [-0.4, -0.2) is 57.6 Å². The summed E-state index contributed by atoms with van der Waals surface area (Å²) in [5.74, 6) is 0.397. The first-order valence-corrected chi connectivity index (χ1v) is 12.3. The number of carbonyl (C=O) groups is 1. The van der Waals surface area contributed by atoms with Crippen molar-refractivity contribution in [2.45, 2.75) is 26.4 Å². The molecule has 4 aromatic rings. The van der Waals surface area contributed by atoms with Crippen molar-refractivity contribution in [3.63, 3.8) is 0 Å². The van der Waals surface area contributed by atoms with Crippen LogP contribution in [-0.2, 0) is 7.05 Å². The average molecular weight is 523 g/mol. The van der Waals surface area contributed by atoms with Gasteiger partial charge in [0.1, 0.15) is 12.4 Å². The summed E-state index contributed by atoms with van der Waals surface area (Å²) >= 11 is 0. The molecule has 200 valence electrons. The molecule has 0 aliphatic carbocycles. The number of amides is 1. The first-order chi connectivity index (χ1) is 18.1. The predicted octanol–water partition coefficient (Wildman–Crippen LogP) is 5.09. The summed E-state index contributed by atoms with van der Waals surface area (Å²) in [5, 5.41) is 11.3. The molecule has 0 bridgehead atoms. The Balaban J connectivity index is 1.61. The molecule has 0 saturated carbocycles. The van der Waals surface area contributed by atoms with E-state index in [1.165, 1.54) is 12.4 Å². The fourth-order valence-corrected chi connectivity index (χ4v) is 4.02. The van der Waals surface area contributed by atoms with Crippen molar-refractivity contribution in [3.05, 3.63) is 77.7 Å². The second kappa shape index (κ2) is 11.6. The number of halogens is 2. The summed E-state index contributed by atoms with van der Waals surface area (Å²) < 4.78 is 34.4. The molecule has 1 amide bonds. The molecule has 0 spiro atoms. The Morgan fingerprint density at radius 2 is 1.87 bits per heavy atom. The van der Waals surface area contributed by atoms with Crippen molar-refractivity contribution in [1.29, 1.82) is 0 Å². The first-order valence-electron chi connectivity index (χ1n) is 12.3. The minimum absolute atomic E-state index is 0.233. The number of benzene rings is 2. The van der Waals surface area contributed by atoms with E-state index < -0.39 is 6.55 Å². The fraction of sp³-hybridized carbons (Fsp3) is 0.321. The third-order valence-electron chi connectivity index (χ3n) is 6.21. The van der Waals surface area contributed by atoms with E-state index in [1.54, 1.807) is 10.7 Å². The van der Waals surface area contributed by atoms with Crippen LogP contribution >= 0.6 is 0 Å². The molecule has 0 aliphatic rings. The number of hydrogen-bond acceptors (Lipinski definition) is 5. The highest BCUT2D eigenvalue weighted by molar-refractivity contribution is 5.96. The number of hydrogen-bond donors (Lipinski definition) is 1. The van der Waals surface area contributed by atoms with Gasteiger partial charge in [0.2, 0.25) is 0 Å². The van der Waals surface area contributed by atoms with Gasteiger partial charge in [0.05, 0.1) is 17.9 Å². The Bertz CT molecular complexity index is 1410. The zero-order valence-corrected chi connectivity index (χ0v) is 22.2. The van der Waals surface area contributed by atoms with Crippen LogP contribution in [0.25, 0.3) is 22.4 Å². The molecule has 0 aliphatic heterocycles. The Hall–Kier alpha value is -4.05. The molecule has 0 saturated heterocycles. The summed E-state index contributed by atoms with van der Waals surface area (Å²) in [5.41, 5.74) is 4.93. The molecule has 1 N–H and O–H groups in total. The van der Waals surface area contributed by atoms with Gasteiger partial charge < -0.3 is 15.0 Å². The molecule has 0 radical (unpaired) electrons. The molecule has 38 heavy (non-hydrogen) atoms. The maximum absolute atomic E-state index is 13.3.